The van der Waals surface area contributed by atoms with Crippen LogP contribution in [0.3, 0.4) is 0 Å². The fourth-order valence-electron chi connectivity index (χ4n) is 3.90. The Labute approximate surface area is 244 Å². The van der Waals surface area contributed by atoms with E-state index in [1.807, 2.05) is 30.5 Å². The highest BCUT2D eigenvalue weighted by Crippen LogP contribution is 2.19. The molecule has 2 atom stereocenters. The van der Waals surface area contributed by atoms with Crippen molar-refractivity contribution in [3.05, 3.63) is 46.1 Å². The molecule has 0 aliphatic rings. The van der Waals surface area contributed by atoms with Crippen LogP contribution >= 0.6 is 0 Å². The van der Waals surface area contributed by atoms with E-state index in [4.69, 9.17) is 21.0 Å². The molecule has 15 heteroatoms. The third-order valence-corrected chi connectivity index (χ3v) is 5.87. The summed E-state index contributed by atoms with van der Waals surface area (Å²) in [5.74, 6) is -2.61. The maximum atomic E-state index is 11.8. The largest absolute Gasteiger partial charge is 0.480 e. The topological polar surface area (TPSA) is 237 Å². The van der Waals surface area contributed by atoms with Gasteiger partial charge in [-0.2, -0.15) is 0 Å². The van der Waals surface area contributed by atoms with Crippen molar-refractivity contribution in [1.82, 2.24) is 20.6 Å². The zero-order valence-corrected chi connectivity index (χ0v) is 24.5. The minimum absolute atomic E-state index is 0.0403. The number of para-hydroxylation sites is 1. The van der Waals surface area contributed by atoms with Crippen LogP contribution in [0.4, 0.5) is 4.79 Å². The van der Waals surface area contributed by atoms with Gasteiger partial charge in [-0.1, -0.05) is 38.0 Å². The molecule has 2 rings (SSSR count). The van der Waals surface area contributed by atoms with Crippen molar-refractivity contribution in [1.29, 1.82) is 5.41 Å². The number of aromatic amines is 1. The number of nitrogens with one attached hydrogen (secondary N) is 4. The second-order valence-electron chi connectivity index (χ2n) is 10.5. The zero-order valence-electron chi connectivity index (χ0n) is 24.5. The SMILES string of the molecule is CC(C)(C)OC(=O)N(C(CCCNC(=N)N)C(=O)O)[N+](=O)[O-].CCCCCNC(Cc1c[nH]c2ccccc12)C(=O)O. The number of amides is 1. The van der Waals surface area contributed by atoms with Gasteiger partial charge in [-0.25, -0.2) is 19.7 Å². The van der Waals surface area contributed by atoms with Gasteiger partial charge in [0, 0.05) is 30.1 Å². The zero-order chi connectivity index (χ0) is 31.9. The van der Waals surface area contributed by atoms with Crippen LogP contribution in [0.5, 0.6) is 0 Å². The van der Waals surface area contributed by atoms with Gasteiger partial charge in [0.05, 0.1) is 0 Å². The van der Waals surface area contributed by atoms with Gasteiger partial charge >= 0.3 is 18.0 Å². The second-order valence-corrected chi connectivity index (χ2v) is 10.5. The Morgan fingerprint density at radius 3 is 2.36 bits per heavy atom. The first-order valence-corrected chi connectivity index (χ1v) is 13.7. The molecule has 1 aromatic carbocycles. The molecule has 15 nitrogen and oxygen atoms in total. The number of aromatic nitrogens is 1. The van der Waals surface area contributed by atoms with Crippen LogP contribution in [0.1, 0.15) is 65.4 Å². The van der Waals surface area contributed by atoms with E-state index in [1.165, 1.54) is 20.8 Å². The quantitative estimate of drug-likeness (QED) is 0.0520. The lowest BCUT2D eigenvalue weighted by molar-refractivity contribution is -0.641. The lowest BCUT2D eigenvalue weighted by Gasteiger charge is -2.24. The van der Waals surface area contributed by atoms with Crippen molar-refractivity contribution < 1.29 is 34.4 Å². The smallest absolute Gasteiger partial charge is 0.469 e. The van der Waals surface area contributed by atoms with Crippen LogP contribution in [0.25, 0.3) is 10.9 Å². The summed E-state index contributed by atoms with van der Waals surface area (Å²) in [4.78, 5) is 48.6. The molecule has 0 spiro atoms. The summed E-state index contributed by atoms with van der Waals surface area (Å²) in [6, 6.07) is 5.77. The molecular formula is C27H43N7O8. The fourth-order valence-corrected chi connectivity index (χ4v) is 3.90. The number of nitrogens with two attached hydrogens (primary N) is 1. The van der Waals surface area contributed by atoms with E-state index in [1.54, 1.807) is 0 Å². The summed E-state index contributed by atoms with van der Waals surface area (Å²) < 4.78 is 4.85. The van der Waals surface area contributed by atoms with Crippen LogP contribution in [0.15, 0.2) is 30.5 Å². The normalized spacial score (nSPS) is 12.4. The van der Waals surface area contributed by atoms with E-state index in [0.29, 0.717) is 6.42 Å². The van der Waals surface area contributed by atoms with E-state index >= 15 is 0 Å². The van der Waals surface area contributed by atoms with Crippen molar-refractivity contribution in [2.75, 3.05) is 13.1 Å². The number of aliphatic carboxylic acids is 2. The Morgan fingerprint density at radius 1 is 1.14 bits per heavy atom. The van der Waals surface area contributed by atoms with E-state index in [9.17, 15) is 29.6 Å². The van der Waals surface area contributed by atoms with E-state index in [0.717, 1.165) is 42.3 Å². The molecular weight excluding hydrogens is 550 g/mol. The first-order valence-electron chi connectivity index (χ1n) is 13.7. The molecule has 1 aromatic heterocycles. The molecule has 0 aliphatic carbocycles. The van der Waals surface area contributed by atoms with E-state index < -0.39 is 40.7 Å². The van der Waals surface area contributed by atoms with Crippen LogP contribution in [-0.2, 0) is 20.7 Å². The molecule has 0 saturated carbocycles. The molecule has 8 N–H and O–H groups in total. The van der Waals surface area contributed by atoms with Gasteiger partial charge in [0.1, 0.15) is 11.6 Å². The first kappa shape index (κ1) is 35.6. The molecule has 0 radical (unpaired) electrons. The predicted molar refractivity (Wildman–Crippen MR) is 157 cm³/mol. The third-order valence-electron chi connectivity index (χ3n) is 5.87. The number of guanidine groups is 1. The van der Waals surface area contributed by atoms with Crippen LogP contribution in [0, 0.1) is 15.5 Å². The summed E-state index contributed by atoms with van der Waals surface area (Å²) in [5, 5.41) is 41.9. The molecule has 0 saturated heterocycles. The van der Waals surface area contributed by atoms with Gasteiger partial charge in [-0.3, -0.25) is 10.2 Å². The molecule has 0 fully saturated rings. The number of carbonyl (C=O) groups is 3. The Kier molecular flexibility index (Phi) is 14.8. The lowest BCUT2D eigenvalue weighted by Crippen LogP contribution is -2.50. The van der Waals surface area contributed by atoms with E-state index in [2.05, 4.69) is 22.5 Å². The van der Waals surface area contributed by atoms with Crippen molar-refractivity contribution >= 4 is 34.9 Å². The van der Waals surface area contributed by atoms with Crippen LogP contribution in [0.2, 0.25) is 0 Å². The number of hydrazine groups is 1. The monoisotopic (exact) mass is 593 g/mol. The Hall–Kier alpha value is -4.40. The van der Waals surface area contributed by atoms with Crippen molar-refractivity contribution in [2.45, 2.75) is 83.9 Å². The fraction of sp³-hybridized carbons (Fsp3) is 0.556. The van der Waals surface area contributed by atoms with Gasteiger partial charge in [0.25, 0.3) is 0 Å². The number of rotatable bonds is 15. The van der Waals surface area contributed by atoms with Crippen molar-refractivity contribution in [3.63, 3.8) is 0 Å². The number of nitro groups is 1. The number of fused-ring (bicyclic) bond motifs is 1. The van der Waals surface area contributed by atoms with Crippen LogP contribution < -0.4 is 16.4 Å². The van der Waals surface area contributed by atoms with Crippen molar-refractivity contribution in [2.24, 2.45) is 5.73 Å². The standard InChI is InChI=1S/C16H22N2O2.C11H21N5O6/c1-2-3-6-9-17-15(16(19)20)10-12-11-18-14-8-5-4-7-13(12)14;1-11(2,3)22-10(19)15(16(20)21)7(8(17)18)5-4-6-14-9(12)13/h4-5,7-8,11,15,17-18H,2-3,6,9-10H2,1H3,(H,19,20);7H,4-6H2,1-3H3,(H,17,18)(H4,12,13,14). The number of nitrogens with zero attached hydrogens (tertiary/aromatic N) is 2. The number of benzene rings is 1. The molecule has 0 bridgehead atoms. The van der Waals surface area contributed by atoms with Gasteiger partial charge < -0.3 is 36.3 Å². The Bertz CT molecular complexity index is 1190. The van der Waals surface area contributed by atoms with Gasteiger partial charge in [-0.05, 0) is 63.2 Å². The Balaban J connectivity index is 0.000000421. The van der Waals surface area contributed by atoms with E-state index in [-0.39, 0.29) is 30.4 Å². The molecule has 0 aliphatic heterocycles. The molecule has 234 valence electrons. The summed E-state index contributed by atoms with van der Waals surface area (Å²) in [5.41, 5.74) is 6.17. The maximum Gasteiger partial charge on any atom is 0.469 e. The van der Waals surface area contributed by atoms with Gasteiger partial charge in [0.15, 0.2) is 17.0 Å². The summed E-state index contributed by atoms with van der Waals surface area (Å²) >= 11 is 0. The highest BCUT2D eigenvalue weighted by Gasteiger charge is 2.41. The predicted octanol–water partition coefficient (Wildman–Crippen LogP) is 3.08. The molecule has 2 aromatic rings. The third kappa shape index (κ3) is 12.8. The number of carbonyl (C=O) groups excluding carboxylic acids is 1. The number of ether oxygens (including phenoxy) is 1. The Morgan fingerprint density at radius 2 is 1.81 bits per heavy atom. The summed E-state index contributed by atoms with van der Waals surface area (Å²) in [6.07, 6.45) is 4.33. The number of hydrogen-bond donors (Lipinski definition) is 7. The lowest BCUT2D eigenvalue weighted by atomic mass is 10.0. The minimum Gasteiger partial charge on any atom is -0.480 e. The highest BCUT2D eigenvalue weighted by atomic mass is 16.7. The average molecular weight is 594 g/mol. The van der Waals surface area contributed by atoms with Gasteiger partial charge in [0.2, 0.25) is 0 Å². The number of hydrogen-bond acceptors (Lipinski definition) is 8. The van der Waals surface area contributed by atoms with Crippen molar-refractivity contribution in [3.8, 4) is 0 Å². The summed E-state index contributed by atoms with van der Waals surface area (Å²) in [7, 11) is 0. The maximum absolute atomic E-state index is 11.8. The number of carboxylic acids is 2. The highest BCUT2D eigenvalue weighted by molar-refractivity contribution is 5.84. The van der Waals surface area contributed by atoms with Gasteiger partial charge in [-0.15, -0.1) is 0 Å². The second kappa shape index (κ2) is 17.4. The molecule has 1 amide bonds. The number of H-pyrrole nitrogens is 1. The molecule has 2 unspecified atom stereocenters. The average Bonchev–Trinajstić information content (AvgIpc) is 3.29. The number of carboxylic acid groups (broad SMARTS) is 2. The molecule has 42 heavy (non-hydrogen) atoms. The molecule has 1 heterocycles. The number of unbranched alkanes of at least 4 members (excludes halogenated alkanes) is 2. The minimum atomic E-state index is -1.68. The van der Waals surface area contributed by atoms with Crippen LogP contribution in [-0.4, -0.2) is 80.0 Å². The summed E-state index contributed by atoms with van der Waals surface area (Å²) in [6.45, 7) is 7.58. The first-order chi connectivity index (χ1) is 19.7.